The highest BCUT2D eigenvalue weighted by Crippen LogP contribution is 2.36. The Balaban J connectivity index is 1.86. The van der Waals surface area contributed by atoms with E-state index < -0.39 is 23.4 Å². The molecule has 1 fully saturated rings. The zero-order valence-electron chi connectivity index (χ0n) is 21.4. The number of amides is 1. The van der Waals surface area contributed by atoms with Gasteiger partial charge in [-0.05, 0) is 49.9 Å². The molecule has 0 saturated carbocycles. The second-order valence-corrected chi connectivity index (χ2v) is 9.45. The van der Waals surface area contributed by atoms with E-state index >= 15 is 0 Å². The number of piperidine rings is 1. The molecule has 1 saturated heterocycles. The number of aliphatic hydroxyl groups is 1. The van der Waals surface area contributed by atoms with Crippen LogP contribution in [0, 0.1) is 6.92 Å². The topological polar surface area (TPSA) is 92.8 Å². The van der Waals surface area contributed by atoms with Crippen molar-refractivity contribution in [1.29, 1.82) is 0 Å². The number of carbonyl (C=O) groups is 1. The molecule has 8 nitrogen and oxygen atoms in total. The molecule has 3 heterocycles. The van der Waals surface area contributed by atoms with Crippen LogP contribution in [-0.4, -0.2) is 50.6 Å². The Morgan fingerprint density at radius 2 is 1.95 bits per heavy atom. The van der Waals surface area contributed by atoms with Gasteiger partial charge in [-0.15, -0.1) is 0 Å². The van der Waals surface area contributed by atoms with Crippen molar-refractivity contribution in [1.82, 2.24) is 19.4 Å². The Morgan fingerprint density at radius 1 is 1.27 bits per heavy atom. The maximum Gasteiger partial charge on any atom is 0.416 e. The first-order chi connectivity index (χ1) is 17.4. The molecule has 1 aliphatic rings. The van der Waals surface area contributed by atoms with Crippen molar-refractivity contribution in [3.63, 3.8) is 0 Å². The van der Waals surface area contributed by atoms with Gasteiger partial charge in [0, 0.05) is 27.1 Å². The third kappa shape index (κ3) is 5.04. The van der Waals surface area contributed by atoms with Crippen molar-refractivity contribution >= 4 is 16.8 Å². The number of ether oxygens (including phenoxy) is 1. The van der Waals surface area contributed by atoms with Crippen LogP contribution in [0.2, 0.25) is 0 Å². The maximum absolute atomic E-state index is 13.5. The number of alkyl halides is 3. The Kier molecular flexibility index (Phi) is 7.02. The first-order valence-electron chi connectivity index (χ1n) is 11.9. The van der Waals surface area contributed by atoms with Gasteiger partial charge in [0.1, 0.15) is 11.1 Å². The fraction of sp³-hybridized carbons (Fsp3) is 0.462. The second-order valence-electron chi connectivity index (χ2n) is 9.45. The van der Waals surface area contributed by atoms with Gasteiger partial charge in [0.15, 0.2) is 5.49 Å². The van der Waals surface area contributed by atoms with Crippen LogP contribution in [0.5, 0.6) is 5.88 Å². The van der Waals surface area contributed by atoms with Crippen LogP contribution in [0.25, 0.3) is 10.9 Å². The largest absolute Gasteiger partial charge is 0.479 e. The van der Waals surface area contributed by atoms with Crippen LogP contribution in [0.4, 0.5) is 13.2 Å². The van der Waals surface area contributed by atoms with Gasteiger partial charge >= 0.3 is 6.18 Å². The number of fused-ring (bicyclic) bond motifs is 1. The number of aromatic nitrogens is 3. The molecule has 1 atom stereocenters. The fourth-order valence-corrected chi connectivity index (χ4v) is 4.89. The molecule has 11 heteroatoms. The van der Waals surface area contributed by atoms with Gasteiger partial charge in [0.05, 0.1) is 36.1 Å². The van der Waals surface area contributed by atoms with E-state index in [1.165, 1.54) is 33.4 Å². The lowest BCUT2D eigenvalue weighted by atomic mass is 9.87. The van der Waals surface area contributed by atoms with Crippen molar-refractivity contribution in [3.8, 4) is 5.88 Å². The minimum atomic E-state index is -4.47. The molecule has 1 aromatic carbocycles. The zero-order valence-corrected chi connectivity index (χ0v) is 21.4. The molecule has 0 spiro atoms. The molecule has 1 N–H and O–H groups in total. The van der Waals surface area contributed by atoms with Gasteiger partial charge < -0.3 is 19.3 Å². The number of aryl methyl sites for hydroxylation is 1. The SMILES string of the molecule is COc1nc(C2(O)CCN(C(C)=O)CC2)cc2c(=N[C@H](C)c3cccc(C(F)(F)F)c3C)ncn(C)c12. The van der Waals surface area contributed by atoms with Gasteiger partial charge in [-0.3, -0.25) is 9.79 Å². The highest BCUT2D eigenvalue weighted by Gasteiger charge is 2.37. The lowest BCUT2D eigenvalue weighted by Gasteiger charge is -2.37. The Hall–Kier alpha value is -3.47. The summed E-state index contributed by atoms with van der Waals surface area (Å²) < 4.78 is 47.7. The van der Waals surface area contributed by atoms with Crippen molar-refractivity contribution < 1.29 is 27.8 Å². The summed E-state index contributed by atoms with van der Waals surface area (Å²) in [4.78, 5) is 27.1. The number of likely N-dealkylation sites (tertiary alicyclic amines) is 1. The number of pyridine rings is 1. The summed E-state index contributed by atoms with van der Waals surface area (Å²) in [7, 11) is 3.24. The van der Waals surface area contributed by atoms with Crippen LogP contribution in [0.15, 0.2) is 35.6 Å². The van der Waals surface area contributed by atoms with E-state index in [0.717, 1.165) is 6.07 Å². The molecule has 4 rings (SSSR count). The molecule has 198 valence electrons. The molecule has 2 aromatic heterocycles. The van der Waals surface area contributed by atoms with E-state index in [1.54, 1.807) is 35.6 Å². The van der Waals surface area contributed by atoms with E-state index in [-0.39, 0.29) is 17.4 Å². The predicted octanol–water partition coefficient (Wildman–Crippen LogP) is 3.80. The number of hydrogen-bond acceptors (Lipinski definition) is 6. The van der Waals surface area contributed by atoms with Gasteiger partial charge in [0.2, 0.25) is 11.8 Å². The van der Waals surface area contributed by atoms with E-state index in [2.05, 4.69) is 9.97 Å². The minimum Gasteiger partial charge on any atom is -0.479 e. The highest BCUT2D eigenvalue weighted by atomic mass is 19.4. The zero-order chi connectivity index (χ0) is 27.1. The summed E-state index contributed by atoms with van der Waals surface area (Å²) in [6.07, 6.45) is -2.33. The second kappa shape index (κ2) is 9.77. The van der Waals surface area contributed by atoms with E-state index in [0.29, 0.717) is 53.6 Å². The first kappa shape index (κ1) is 26.6. The number of carbonyl (C=O) groups excluding carboxylic acids is 1. The molecule has 37 heavy (non-hydrogen) atoms. The summed E-state index contributed by atoms with van der Waals surface area (Å²) >= 11 is 0. The third-order valence-corrected chi connectivity index (χ3v) is 7.06. The smallest absolute Gasteiger partial charge is 0.416 e. The number of halogens is 3. The summed E-state index contributed by atoms with van der Waals surface area (Å²) in [5, 5.41) is 12.0. The van der Waals surface area contributed by atoms with E-state index in [9.17, 15) is 23.1 Å². The molecule has 1 amide bonds. The molecule has 0 aliphatic carbocycles. The normalized spacial score (nSPS) is 17.2. The van der Waals surface area contributed by atoms with Crippen molar-refractivity contribution in [2.75, 3.05) is 20.2 Å². The van der Waals surface area contributed by atoms with Crippen LogP contribution in [-0.2, 0) is 23.6 Å². The molecule has 3 aromatic rings. The Bertz CT molecular complexity index is 1410. The molecule has 0 unspecified atom stereocenters. The van der Waals surface area contributed by atoms with Crippen LogP contribution in [0.3, 0.4) is 0 Å². The van der Waals surface area contributed by atoms with E-state index in [4.69, 9.17) is 9.73 Å². The molecular formula is C26H30F3N5O3. The first-order valence-corrected chi connectivity index (χ1v) is 11.9. The minimum absolute atomic E-state index is 0.0534. The number of hydrogen-bond donors (Lipinski definition) is 1. The standard InChI is InChI=1S/C26H30F3N5O3/c1-15-18(7-6-8-20(15)26(27,28)29)16(2)31-23-19-13-21(25(36)9-11-34(12-10-25)17(3)35)32-24(37-5)22(19)33(4)14-30-23/h6-8,13-14,16,36H,9-12H2,1-5H3/t16-/m1/s1. The average molecular weight is 518 g/mol. The number of benzene rings is 1. The van der Waals surface area contributed by atoms with Gasteiger partial charge in [0.25, 0.3) is 0 Å². The van der Waals surface area contributed by atoms with Gasteiger partial charge in [-0.1, -0.05) is 12.1 Å². The maximum atomic E-state index is 13.5. The van der Waals surface area contributed by atoms with Crippen LogP contribution in [0.1, 0.15) is 55.1 Å². The predicted molar refractivity (Wildman–Crippen MR) is 131 cm³/mol. The van der Waals surface area contributed by atoms with Crippen molar-refractivity contribution in [3.05, 3.63) is 58.5 Å². The van der Waals surface area contributed by atoms with Crippen molar-refractivity contribution in [2.24, 2.45) is 12.0 Å². The summed E-state index contributed by atoms with van der Waals surface area (Å²) in [6.45, 7) is 5.42. The molecular weight excluding hydrogens is 487 g/mol. The summed E-state index contributed by atoms with van der Waals surface area (Å²) in [5.74, 6) is 0.210. The Morgan fingerprint density at radius 3 is 2.54 bits per heavy atom. The molecule has 1 aliphatic heterocycles. The van der Waals surface area contributed by atoms with Gasteiger partial charge in [-0.2, -0.15) is 13.2 Å². The lowest BCUT2D eigenvalue weighted by Crippen LogP contribution is -2.44. The monoisotopic (exact) mass is 517 g/mol. The van der Waals surface area contributed by atoms with Crippen LogP contribution < -0.4 is 10.2 Å². The highest BCUT2D eigenvalue weighted by molar-refractivity contribution is 5.83. The quantitative estimate of drug-likeness (QED) is 0.569. The summed E-state index contributed by atoms with van der Waals surface area (Å²) in [6, 6.07) is 5.14. The number of nitrogens with zero attached hydrogens (tertiary/aromatic N) is 5. The third-order valence-electron chi connectivity index (χ3n) is 7.06. The molecule has 0 bridgehead atoms. The number of rotatable bonds is 4. The number of methoxy groups -OCH3 is 1. The van der Waals surface area contributed by atoms with Crippen LogP contribution >= 0.6 is 0 Å². The lowest BCUT2D eigenvalue weighted by molar-refractivity contribution is -0.138. The fourth-order valence-electron chi connectivity index (χ4n) is 4.89. The molecule has 0 radical (unpaired) electrons. The van der Waals surface area contributed by atoms with Crippen molar-refractivity contribution in [2.45, 2.75) is 51.4 Å². The van der Waals surface area contributed by atoms with Gasteiger partial charge in [-0.25, -0.2) is 9.97 Å². The van der Waals surface area contributed by atoms with E-state index in [1.807, 2.05) is 0 Å². The average Bonchev–Trinajstić information content (AvgIpc) is 2.84. The Labute approximate surface area is 212 Å². The summed E-state index contributed by atoms with van der Waals surface area (Å²) in [5.41, 5.74) is -0.189.